The van der Waals surface area contributed by atoms with E-state index in [4.69, 9.17) is 9.47 Å². The second kappa shape index (κ2) is 9.03. The summed E-state index contributed by atoms with van der Waals surface area (Å²) in [5, 5.41) is 0. The molecule has 4 heteroatoms. The minimum absolute atomic E-state index is 0.131. The van der Waals surface area contributed by atoms with Gasteiger partial charge in [-0.3, -0.25) is 4.98 Å². The predicted molar refractivity (Wildman–Crippen MR) is 72.5 cm³/mol. The van der Waals surface area contributed by atoms with Gasteiger partial charge in [-0.1, -0.05) is 6.07 Å². The quantitative estimate of drug-likeness (QED) is 0.629. The summed E-state index contributed by atoms with van der Waals surface area (Å²) in [6.45, 7) is 7.07. The molecule has 0 bridgehead atoms. The van der Waals surface area contributed by atoms with E-state index in [0.717, 1.165) is 25.2 Å². The van der Waals surface area contributed by atoms with Crippen molar-refractivity contribution in [2.75, 3.05) is 33.4 Å². The van der Waals surface area contributed by atoms with Crippen LogP contribution in [0.2, 0.25) is 0 Å². The molecule has 0 saturated heterocycles. The van der Waals surface area contributed by atoms with E-state index < -0.39 is 0 Å². The van der Waals surface area contributed by atoms with Crippen LogP contribution in [0.4, 0.5) is 0 Å². The molecule has 0 aliphatic rings. The minimum atomic E-state index is -0.131. The van der Waals surface area contributed by atoms with Crippen LogP contribution in [-0.2, 0) is 15.9 Å². The zero-order valence-electron chi connectivity index (χ0n) is 11.6. The van der Waals surface area contributed by atoms with Crippen molar-refractivity contribution >= 4 is 0 Å². The monoisotopic (exact) mass is 252 g/mol. The van der Waals surface area contributed by atoms with Crippen molar-refractivity contribution in [2.24, 2.45) is 0 Å². The highest BCUT2D eigenvalue weighted by molar-refractivity contribution is 5.03. The summed E-state index contributed by atoms with van der Waals surface area (Å²) in [5.41, 5.74) is 1.12. The second-order valence-electron chi connectivity index (χ2n) is 4.17. The number of nitrogens with zero attached hydrogens (tertiary/aromatic N) is 2. The molecule has 1 rings (SSSR count). The summed E-state index contributed by atoms with van der Waals surface area (Å²) in [6, 6.07) is 6.01. The highest BCUT2D eigenvalue weighted by atomic mass is 16.7. The van der Waals surface area contributed by atoms with Crippen LogP contribution in [-0.4, -0.2) is 49.5 Å². The van der Waals surface area contributed by atoms with Crippen molar-refractivity contribution in [3.63, 3.8) is 0 Å². The highest BCUT2D eigenvalue weighted by Crippen LogP contribution is 2.01. The normalized spacial score (nSPS) is 11.4. The Kier molecular flexibility index (Phi) is 7.57. The molecule has 0 N–H and O–H groups in total. The van der Waals surface area contributed by atoms with E-state index in [-0.39, 0.29) is 6.29 Å². The van der Waals surface area contributed by atoms with E-state index >= 15 is 0 Å². The van der Waals surface area contributed by atoms with Crippen molar-refractivity contribution in [1.82, 2.24) is 9.88 Å². The molecule has 1 aromatic heterocycles. The van der Waals surface area contributed by atoms with Crippen LogP contribution in [0.5, 0.6) is 0 Å². The number of aromatic nitrogens is 1. The predicted octanol–water partition coefficient (Wildman–Crippen LogP) is 1.95. The van der Waals surface area contributed by atoms with Gasteiger partial charge < -0.3 is 14.4 Å². The summed E-state index contributed by atoms with van der Waals surface area (Å²) in [4.78, 5) is 6.53. The number of likely N-dealkylation sites (N-methyl/N-ethyl adjacent to an activating group) is 1. The summed E-state index contributed by atoms with van der Waals surface area (Å²) in [5.74, 6) is 0. The maximum atomic E-state index is 5.53. The Morgan fingerprint density at radius 2 is 1.94 bits per heavy atom. The summed E-state index contributed by atoms with van der Waals surface area (Å²) in [6.07, 6.45) is 2.65. The Labute approximate surface area is 110 Å². The number of ether oxygens (including phenoxy) is 2. The molecule has 0 spiro atoms. The lowest BCUT2D eigenvalue weighted by atomic mass is 10.2. The Morgan fingerprint density at radius 1 is 1.22 bits per heavy atom. The van der Waals surface area contributed by atoms with Gasteiger partial charge in [-0.25, -0.2) is 0 Å². The molecule has 0 aliphatic carbocycles. The smallest absolute Gasteiger partial charge is 0.170 e. The van der Waals surface area contributed by atoms with Crippen molar-refractivity contribution in [3.05, 3.63) is 30.1 Å². The van der Waals surface area contributed by atoms with E-state index in [0.29, 0.717) is 13.2 Å². The molecule has 0 aliphatic heterocycles. The lowest BCUT2D eigenvalue weighted by molar-refractivity contribution is -0.145. The molecule has 0 fully saturated rings. The van der Waals surface area contributed by atoms with Crippen molar-refractivity contribution in [1.29, 1.82) is 0 Å². The lowest BCUT2D eigenvalue weighted by Crippen LogP contribution is -2.34. The largest absolute Gasteiger partial charge is 0.352 e. The third kappa shape index (κ3) is 6.10. The Bertz CT molecular complexity index is 300. The van der Waals surface area contributed by atoms with Gasteiger partial charge in [0.15, 0.2) is 6.29 Å². The third-order valence-electron chi connectivity index (χ3n) is 2.64. The van der Waals surface area contributed by atoms with E-state index in [9.17, 15) is 0 Å². The lowest BCUT2D eigenvalue weighted by Gasteiger charge is -2.23. The molecule has 1 heterocycles. The standard InChI is InChI=1S/C14H24N2O2/c1-4-17-14(18-5-2)12-16(3)11-9-13-8-6-7-10-15-13/h6-8,10,14H,4-5,9,11-12H2,1-3H3. The maximum Gasteiger partial charge on any atom is 0.170 e. The van der Waals surface area contributed by atoms with Crippen LogP contribution in [0.25, 0.3) is 0 Å². The Balaban J connectivity index is 2.29. The van der Waals surface area contributed by atoms with Crippen LogP contribution in [0.1, 0.15) is 19.5 Å². The van der Waals surface area contributed by atoms with Crippen molar-refractivity contribution in [2.45, 2.75) is 26.6 Å². The average molecular weight is 252 g/mol. The van der Waals surface area contributed by atoms with Crippen molar-refractivity contribution in [3.8, 4) is 0 Å². The summed E-state index contributed by atoms with van der Waals surface area (Å²) >= 11 is 0. The molecular weight excluding hydrogens is 228 g/mol. The topological polar surface area (TPSA) is 34.6 Å². The number of pyridine rings is 1. The second-order valence-corrected chi connectivity index (χ2v) is 4.17. The van der Waals surface area contributed by atoms with Gasteiger partial charge in [0, 0.05) is 44.6 Å². The van der Waals surface area contributed by atoms with Crippen LogP contribution < -0.4 is 0 Å². The molecule has 0 unspecified atom stereocenters. The summed E-state index contributed by atoms with van der Waals surface area (Å²) in [7, 11) is 2.08. The zero-order chi connectivity index (χ0) is 13.2. The maximum absolute atomic E-state index is 5.53. The third-order valence-corrected chi connectivity index (χ3v) is 2.64. The first-order chi connectivity index (χ1) is 8.76. The van der Waals surface area contributed by atoms with E-state index in [1.54, 1.807) is 0 Å². The van der Waals surface area contributed by atoms with Crippen LogP contribution >= 0.6 is 0 Å². The molecule has 0 atom stereocenters. The molecule has 0 saturated carbocycles. The van der Waals surface area contributed by atoms with Crippen LogP contribution in [0, 0.1) is 0 Å². The van der Waals surface area contributed by atoms with E-state index in [2.05, 4.69) is 23.0 Å². The van der Waals surface area contributed by atoms with Gasteiger partial charge in [-0.2, -0.15) is 0 Å². The van der Waals surface area contributed by atoms with Gasteiger partial charge in [0.25, 0.3) is 0 Å². The van der Waals surface area contributed by atoms with Gasteiger partial charge >= 0.3 is 0 Å². The Morgan fingerprint density at radius 3 is 2.50 bits per heavy atom. The minimum Gasteiger partial charge on any atom is -0.352 e. The fourth-order valence-corrected chi connectivity index (χ4v) is 1.72. The first kappa shape index (κ1) is 15.1. The van der Waals surface area contributed by atoms with Gasteiger partial charge in [-0.15, -0.1) is 0 Å². The van der Waals surface area contributed by atoms with Gasteiger partial charge in [-0.05, 0) is 33.0 Å². The number of hydrogen-bond donors (Lipinski definition) is 0. The van der Waals surface area contributed by atoms with Crippen LogP contribution in [0.3, 0.4) is 0 Å². The van der Waals surface area contributed by atoms with Crippen molar-refractivity contribution < 1.29 is 9.47 Å². The molecule has 4 nitrogen and oxygen atoms in total. The number of rotatable bonds is 9. The Hall–Kier alpha value is -0.970. The average Bonchev–Trinajstić information content (AvgIpc) is 2.38. The SMILES string of the molecule is CCOC(CN(C)CCc1ccccn1)OCC. The summed E-state index contributed by atoms with van der Waals surface area (Å²) < 4.78 is 11.1. The molecule has 0 amide bonds. The molecule has 0 aromatic carbocycles. The fourth-order valence-electron chi connectivity index (χ4n) is 1.72. The van der Waals surface area contributed by atoms with Crippen LogP contribution in [0.15, 0.2) is 24.4 Å². The fraction of sp³-hybridized carbons (Fsp3) is 0.643. The number of hydrogen-bond acceptors (Lipinski definition) is 4. The van der Waals surface area contributed by atoms with Gasteiger partial charge in [0.2, 0.25) is 0 Å². The molecule has 0 radical (unpaired) electrons. The molecular formula is C14H24N2O2. The molecule has 18 heavy (non-hydrogen) atoms. The molecule has 1 aromatic rings. The first-order valence-electron chi connectivity index (χ1n) is 6.57. The van der Waals surface area contributed by atoms with E-state index in [1.807, 2.05) is 32.2 Å². The first-order valence-corrected chi connectivity index (χ1v) is 6.57. The highest BCUT2D eigenvalue weighted by Gasteiger charge is 2.11. The molecule has 102 valence electrons. The zero-order valence-corrected chi connectivity index (χ0v) is 11.6. The van der Waals surface area contributed by atoms with E-state index in [1.165, 1.54) is 0 Å². The van der Waals surface area contributed by atoms with Gasteiger partial charge in [0.05, 0.1) is 0 Å². The van der Waals surface area contributed by atoms with Gasteiger partial charge in [0.1, 0.15) is 0 Å².